The number of amidine groups is 1. The van der Waals surface area contributed by atoms with Gasteiger partial charge in [0.1, 0.15) is 17.3 Å². The molecule has 1 aliphatic heterocycles. The molecule has 2 aromatic carbocycles. The second-order valence-corrected chi connectivity index (χ2v) is 9.55. The van der Waals surface area contributed by atoms with Crippen LogP contribution >= 0.6 is 17.0 Å². The number of ketones is 1. The molecule has 1 heterocycles. The van der Waals surface area contributed by atoms with E-state index < -0.39 is 5.97 Å². The van der Waals surface area contributed by atoms with Gasteiger partial charge in [0.2, 0.25) is 0 Å². The van der Waals surface area contributed by atoms with Crippen molar-refractivity contribution in [2.75, 3.05) is 27.3 Å². The maximum atomic E-state index is 13.3. The Balaban J connectivity index is 0.00000507. The van der Waals surface area contributed by atoms with Crippen LogP contribution in [0.1, 0.15) is 65.1 Å². The number of rotatable bonds is 9. The summed E-state index contributed by atoms with van der Waals surface area (Å²) in [5.74, 6) is 0.168. The number of halogens is 1. The summed E-state index contributed by atoms with van der Waals surface area (Å²) in [6.45, 7) is 8.60. The average molecular weight is 588 g/mol. The number of amides is 1. The minimum atomic E-state index is -0.533. The molecule has 0 atom stereocenters. The Bertz CT molecular complexity index is 1270. The van der Waals surface area contributed by atoms with Crippen molar-refractivity contribution in [1.82, 2.24) is 10.2 Å². The molecule has 0 aromatic heterocycles. The summed E-state index contributed by atoms with van der Waals surface area (Å²) in [6, 6.07) is 8.57. The molecule has 0 spiro atoms. The number of Topliss-reactive ketones (excluding diaryl/α,β-unsaturated/α-hetero) is 1. The van der Waals surface area contributed by atoms with Crippen LogP contribution in [0.4, 0.5) is 0 Å². The third kappa shape index (κ3) is 6.80. The van der Waals surface area contributed by atoms with E-state index >= 15 is 0 Å². The second kappa shape index (κ2) is 12.7. The summed E-state index contributed by atoms with van der Waals surface area (Å²) < 4.78 is 15.9. The maximum Gasteiger partial charge on any atom is 0.333 e. The number of carbonyl (C=O) groups is 3. The van der Waals surface area contributed by atoms with Crippen LogP contribution in [0.2, 0.25) is 0 Å². The molecule has 0 saturated carbocycles. The third-order valence-electron chi connectivity index (χ3n) is 5.95. The minimum absolute atomic E-state index is 0. The van der Waals surface area contributed by atoms with Crippen molar-refractivity contribution in [3.8, 4) is 11.5 Å². The topological polar surface area (TPSA) is 118 Å². The fraction of sp³-hybridized carbons (Fsp3) is 0.357. The predicted molar refractivity (Wildman–Crippen MR) is 150 cm³/mol. The van der Waals surface area contributed by atoms with Crippen molar-refractivity contribution in [1.29, 1.82) is 5.41 Å². The lowest BCUT2D eigenvalue weighted by Crippen LogP contribution is -2.30. The molecule has 0 unspecified atom stereocenters. The van der Waals surface area contributed by atoms with Gasteiger partial charge < -0.3 is 24.4 Å². The largest absolute Gasteiger partial charge is 0.493 e. The van der Waals surface area contributed by atoms with Gasteiger partial charge in [0.05, 0.1) is 38.2 Å². The summed E-state index contributed by atoms with van der Waals surface area (Å²) in [6.07, 6.45) is 2.43. The first-order valence-electron chi connectivity index (χ1n) is 11.9. The van der Waals surface area contributed by atoms with Crippen molar-refractivity contribution >= 4 is 40.5 Å². The molecule has 0 radical (unpaired) electrons. The van der Waals surface area contributed by atoms with Crippen LogP contribution in [0.5, 0.6) is 11.5 Å². The molecule has 0 aliphatic carbocycles. The van der Waals surface area contributed by atoms with Crippen LogP contribution in [0, 0.1) is 5.41 Å². The van der Waals surface area contributed by atoms with Gasteiger partial charge in [-0.1, -0.05) is 20.8 Å². The van der Waals surface area contributed by atoms with Gasteiger partial charge in [0.15, 0.2) is 5.78 Å². The van der Waals surface area contributed by atoms with E-state index in [9.17, 15) is 14.4 Å². The number of hydrogen-bond acceptors (Lipinski definition) is 7. The maximum absolute atomic E-state index is 13.3. The predicted octanol–water partition coefficient (Wildman–Crippen LogP) is 4.41. The fourth-order valence-electron chi connectivity index (χ4n) is 4.04. The molecular formula is C28H34BrN3O6. The van der Waals surface area contributed by atoms with Crippen LogP contribution in [0.15, 0.2) is 42.7 Å². The molecule has 10 heteroatoms. The standard InChI is InChI=1S/C28H33N3O6.BrH/c1-7-36-24-13-18-15-31(26(29)19(18)14-20(24)27(34)30-5)16-22(32)17-8-9-23(21(12-17)28(2,3)4)37-11-10-25(33)35-6;/h8-14,29H,7,15-16H2,1-6H3,(H,30,34);1H/b11-10+,29-26?;. The van der Waals surface area contributed by atoms with Crippen molar-refractivity contribution in [3.05, 3.63) is 70.5 Å². The zero-order valence-corrected chi connectivity index (χ0v) is 24.2. The average Bonchev–Trinajstić information content (AvgIpc) is 3.16. The molecule has 9 nitrogen and oxygen atoms in total. The molecule has 2 N–H and O–H groups in total. The quantitative estimate of drug-likeness (QED) is 0.193. The summed E-state index contributed by atoms with van der Waals surface area (Å²) >= 11 is 0. The molecular weight excluding hydrogens is 554 g/mol. The van der Waals surface area contributed by atoms with Crippen LogP contribution in [0.25, 0.3) is 0 Å². The molecule has 2 aromatic rings. The number of benzene rings is 2. The summed E-state index contributed by atoms with van der Waals surface area (Å²) in [5, 5.41) is 11.2. The number of methoxy groups -OCH3 is 1. The lowest BCUT2D eigenvalue weighted by atomic mass is 9.85. The van der Waals surface area contributed by atoms with Crippen LogP contribution in [-0.2, 0) is 21.5 Å². The van der Waals surface area contributed by atoms with Crippen molar-refractivity contribution < 1.29 is 28.6 Å². The van der Waals surface area contributed by atoms with Crippen LogP contribution in [-0.4, -0.2) is 55.7 Å². The number of fused-ring (bicyclic) bond motifs is 1. The number of ether oxygens (including phenoxy) is 3. The van der Waals surface area contributed by atoms with Crippen LogP contribution < -0.4 is 14.8 Å². The lowest BCUT2D eigenvalue weighted by molar-refractivity contribution is -0.134. The van der Waals surface area contributed by atoms with E-state index in [0.717, 1.165) is 11.1 Å². The van der Waals surface area contributed by atoms with Crippen molar-refractivity contribution in [2.24, 2.45) is 0 Å². The number of nitrogens with zero attached hydrogens (tertiary/aromatic N) is 1. The van der Waals surface area contributed by atoms with Gasteiger partial charge in [-0.2, -0.15) is 0 Å². The summed E-state index contributed by atoms with van der Waals surface area (Å²) in [4.78, 5) is 38.6. The Labute approximate surface area is 233 Å². The Morgan fingerprint density at radius 3 is 2.45 bits per heavy atom. The van der Waals surface area contributed by atoms with Gasteiger partial charge in [-0.25, -0.2) is 4.79 Å². The Hall–Kier alpha value is -3.66. The van der Waals surface area contributed by atoms with Crippen molar-refractivity contribution in [3.63, 3.8) is 0 Å². The lowest BCUT2D eigenvalue weighted by Gasteiger charge is -2.23. The zero-order valence-electron chi connectivity index (χ0n) is 22.5. The van der Waals surface area contributed by atoms with Gasteiger partial charge in [0.25, 0.3) is 5.91 Å². The van der Waals surface area contributed by atoms with Gasteiger partial charge in [-0.15, -0.1) is 17.0 Å². The van der Waals surface area contributed by atoms with Gasteiger partial charge in [-0.3, -0.25) is 15.0 Å². The monoisotopic (exact) mass is 587 g/mol. The highest BCUT2D eigenvalue weighted by Crippen LogP contribution is 2.34. The summed E-state index contributed by atoms with van der Waals surface area (Å²) in [5.41, 5.74) is 2.72. The van der Waals surface area contributed by atoms with Crippen LogP contribution in [0.3, 0.4) is 0 Å². The van der Waals surface area contributed by atoms with E-state index in [-0.39, 0.29) is 46.5 Å². The first kappa shape index (κ1) is 30.6. The minimum Gasteiger partial charge on any atom is -0.493 e. The van der Waals surface area contributed by atoms with E-state index in [1.807, 2.05) is 27.7 Å². The molecule has 3 rings (SSSR count). The highest BCUT2D eigenvalue weighted by atomic mass is 79.9. The van der Waals surface area contributed by atoms with Crippen molar-refractivity contribution in [2.45, 2.75) is 39.7 Å². The van der Waals surface area contributed by atoms with E-state index in [4.69, 9.17) is 14.9 Å². The Kier molecular flexibility index (Phi) is 10.2. The smallest absolute Gasteiger partial charge is 0.333 e. The highest BCUT2D eigenvalue weighted by Gasteiger charge is 2.30. The Morgan fingerprint density at radius 1 is 1.13 bits per heavy atom. The first-order chi connectivity index (χ1) is 17.5. The van der Waals surface area contributed by atoms with Gasteiger partial charge >= 0.3 is 5.97 Å². The van der Waals surface area contributed by atoms with Gasteiger partial charge in [-0.05, 0) is 48.2 Å². The molecule has 38 heavy (non-hydrogen) atoms. The van der Waals surface area contributed by atoms with E-state index in [1.165, 1.54) is 19.4 Å². The van der Waals surface area contributed by atoms with E-state index in [0.29, 0.717) is 41.3 Å². The SMILES string of the molecule is Br.CCOc1cc2c(cc1C(=O)NC)C(=N)N(CC(=O)c1ccc(O/C=C/C(=O)OC)c(C(C)(C)C)c1)C2. The number of carbonyl (C=O) groups excluding carboxylic acids is 3. The molecule has 1 amide bonds. The highest BCUT2D eigenvalue weighted by molar-refractivity contribution is 8.93. The number of hydrogen-bond donors (Lipinski definition) is 2. The third-order valence-corrected chi connectivity index (χ3v) is 5.95. The molecule has 1 aliphatic rings. The second-order valence-electron chi connectivity index (χ2n) is 9.55. The Morgan fingerprint density at radius 2 is 1.84 bits per heavy atom. The summed E-state index contributed by atoms with van der Waals surface area (Å²) in [7, 11) is 2.82. The zero-order chi connectivity index (χ0) is 27.3. The fourth-order valence-corrected chi connectivity index (χ4v) is 4.04. The molecule has 0 saturated heterocycles. The molecule has 204 valence electrons. The normalized spacial score (nSPS) is 12.6. The first-order valence-corrected chi connectivity index (χ1v) is 11.9. The molecule has 0 bridgehead atoms. The van der Waals surface area contributed by atoms with E-state index in [1.54, 1.807) is 42.3 Å². The van der Waals surface area contributed by atoms with Gasteiger partial charge in [0, 0.05) is 30.3 Å². The number of nitrogens with one attached hydrogen (secondary N) is 2. The number of esters is 1. The van der Waals surface area contributed by atoms with E-state index in [2.05, 4.69) is 10.1 Å². The molecule has 0 fully saturated rings.